The van der Waals surface area contributed by atoms with Crippen LogP contribution in [0, 0.1) is 17.8 Å². The van der Waals surface area contributed by atoms with Gasteiger partial charge in [0.25, 0.3) is 0 Å². The number of guanidine groups is 2. The zero-order chi connectivity index (χ0) is 77.6. The summed E-state index contributed by atoms with van der Waals surface area (Å²) in [5.74, 6) is -16.1. The van der Waals surface area contributed by atoms with E-state index in [4.69, 9.17) is 34.4 Å². The number of aliphatic carboxylic acids is 2. The van der Waals surface area contributed by atoms with Crippen LogP contribution in [-0.2, 0) is 71.9 Å². The topological polar surface area (TPSA) is 610 Å². The second-order valence-electron chi connectivity index (χ2n) is 27.1. The van der Waals surface area contributed by atoms with Crippen LogP contribution in [-0.4, -0.2) is 201 Å². The maximum absolute atomic E-state index is 15.1. The first-order chi connectivity index (χ1) is 47.7. The molecule has 0 bridgehead atoms. The van der Waals surface area contributed by atoms with E-state index in [0.717, 1.165) is 0 Å². The zero-order valence-electron chi connectivity index (χ0n) is 60.7. The molecule has 1 heterocycles. The first-order valence-electron chi connectivity index (χ1n) is 34.6. The van der Waals surface area contributed by atoms with Crippen LogP contribution in [0.1, 0.15) is 197 Å². The van der Waals surface area contributed by atoms with E-state index in [0.29, 0.717) is 37.9 Å². The summed E-state index contributed by atoms with van der Waals surface area (Å²) in [7, 11) is 0. The molecule has 0 aromatic carbocycles. The van der Waals surface area contributed by atoms with Gasteiger partial charge in [-0.15, -0.1) is 0 Å². The van der Waals surface area contributed by atoms with Gasteiger partial charge in [0.15, 0.2) is 11.9 Å². The van der Waals surface area contributed by atoms with E-state index in [9.17, 15) is 77.3 Å². The number of rotatable bonds is 39. The molecule has 1 rings (SSSR count). The number of carbonyl (C=O) groups excluding carboxylic acids is 13. The normalized spacial score (nSPS) is 20.8. The molecule has 12 atom stereocenters. The van der Waals surface area contributed by atoms with Crippen LogP contribution >= 0.6 is 11.8 Å². The number of aliphatic imine (C=N–C) groups is 2. The fraction of sp³-hybridized carbons (Fsp3) is 0.738. The number of nitrogens with two attached hydrogens (primary N) is 6. The van der Waals surface area contributed by atoms with E-state index in [1.54, 1.807) is 47.8 Å². The summed E-state index contributed by atoms with van der Waals surface area (Å²) in [6.45, 7) is 14.2. The summed E-state index contributed by atoms with van der Waals surface area (Å²) in [4.78, 5) is 214. The number of carboxylic acids is 2. The Hall–Kier alpha value is -9.06. The fourth-order valence-corrected chi connectivity index (χ4v) is 11.5. The Balaban J connectivity index is 4.01. The van der Waals surface area contributed by atoms with E-state index in [2.05, 4.69) is 68.5 Å². The number of hydrogen-bond donors (Lipinski definition) is 19. The van der Waals surface area contributed by atoms with Crippen molar-refractivity contribution in [1.82, 2.24) is 58.5 Å². The summed E-state index contributed by atoms with van der Waals surface area (Å²) in [6.07, 6.45) is 1.34. The molecule has 13 amide bonds. The quantitative estimate of drug-likeness (QED) is 0.0170. The minimum absolute atomic E-state index is 0.0155. The van der Waals surface area contributed by atoms with Crippen molar-refractivity contribution >= 4 is 112 Å². The molecular formula is C65H115N19O17S. The molecule has 102 heavy (non-hydrogen) atoms. The van der Waals surface area contributed by atoms with Gasteiger partial charge in [0.1, 0.15) is 65.5 Å². The van der Waals surface area contributed by atoms with Crippen LogP contribution in [0.25, 0.3) is 0 Å². The smallest absolute Gasteiger partial charge is 0.303 e. The molecule has 37 heteroatoms. The van der Waals surface area contributed by atoms with E-state index < -0.39 is 192 Å². The molecule has 0 unspecified atom stereocenters. The summed E-state index contributed by atoms with van der Waals surface area (Å²) in [5.41, 5.74) is 29.8. The van der Waals surface area contributed by atoms with Gasteiger partial charge >= 0.3 is 11.9 Å². The average Bonchev–Trinajstić information content (AvgIpc) is 0.848. The number of primary amides is 2. The van der Waals surface area contributed by atoms with Crippen molar-refractivity contribution in [3.8, 4) is 0 Å². The Morgan fingerprint density at radius 2 is 1.02 bits per heavy atom. The Labute approximate surface area is 600 Å². The van der Waals surface area contributed by atoms with Crippen LogP contribution < -0.4 is 92.9 Å². The Morgan fingerprint density at radius 3 is 1.51 bits per heavy atom. The lowest BCUT2D eigenvalue weighted by Gasteiger charge is -2.35. The van der Waals surface area contributed by atoms with Crippen LogP contribution in [0.4, 0.5) is 0 Å². The number of thioether (sulfide) groups is 1. The largest absolute Gasteiger partial charge is 0.481 e. The van der Waals surface area contributed by atoms with Crippen molar-refractivity contribution in [2.45, 2.75) is 263 Å². The molecule has 1 fully saturated rings. The maximum atomic E-state index is 15.1. The first-order valence-corrected chi connectivity index (χ1v) is 36.0. The average molecular weight is 1470 g/mol. The predicted molar refractivity (Wildman–Crippen MR) is 381 cm³/mol. The van der Waals surface area contributed by atoms with Gasteiger partial charge in [-0.1, -0.05) is 86.5 Å². The van der Waals surface area contributed by atoms with Gasteiger partial charge < -0.3 is 103 Å². The van der Waals surface area contributed by atoms with Crippen molar-refractivity contribution in [1.29, 1.82) is 0 Å². The predicted octanol–water partition coefficient (Wildman–Crippen LogP) is -2.66. The summed E-state index contributed by atoms with van der Waals surface area (Å²) in [6, 6.07) is -13.5. The van der Waals surface area contributed by atoms with Crippen molar-refractivity contribution < 1.29 is 82.1 Å². The molecule has 578 valence electrons. The molecule has 36 nitrogen and oxygen atoms in total. The highest BCUT2D eigenvalue weighted by Gasteiger charge is 2.43. The Bertz CT molecular complexity index is 2930. The molecule has 1 saturated heterocycles. The van der Waals surface area contributed by atoms with Gasteiger partial charge in [-0.3, -0.25) is 81.9 Å². The highest BCUT2D eigenvalue weighted by atomic mass is 32.2. The molecule has 0 spiro atoms. The molecule has 1 aliphatic heterocycles. The minimum atomic E-state index is -1.95. The highest BCUT2D eigenvalue weighted by Crippen LogP contribution is 2.23. The lowest BCUT2D eigenvalue weighted by atomic mass is 9.89. The standard InChI is InChI=1S/C65H115N19O17S/c1-11-37(6)50-59(99)84-65(9,28-17-15-13-12-14-16-27-64(8,83-38(7)85)60(100)80-42(22-24-48(87)88)53(93)75-41(55(95)82-50)21-19-30-73-63(70)71)61(101)81-43(23-25-49(89)90)54(94)77-45(33-36(4)5)57(97)76-40(20-18-29-72-62(68)69)52(92)79-46(34-47(66)86)58(98)78-44(32-35(2)3)56(96)74-39(51(67)91)26-31-102-10/h35-37,39-46,50H,11-34H2,1-10H3,(H2,66,86)(H2,67,91)(H,74,96)(H,75,93)(H,76,97)(H,77,94)(H,78,98)(H,79,92)(H,80,100)(H,81,101)(H,82,95)(H,83,85)(H,84,99)(H,87,88)(H,89,90)(H4,68,69,72)(H4,70,71,73)/t37-,39-,40-,41-,42-,43-,44-,45-,46-,50-,64-,65-/m0/s1. The Morgan fingerprint density at radius 1 is 0.559 bits per heavy atom. The Kier molecular flexibility index (Phi) is 41.4. The minimum Gasteiger partial charge on any atom is -0.481 e. The van der Waals surface area contributed by atoms with Gasteiger partial charge in [-0.2, -0.15) is 11.8 Å². The summed E-state index contributed by atoms with van der Waals surface area (Å²) < 4.78 is 0. The van der Waals surface area contributed by atoms with Gasteiger partial charge in [-0.05, 0) is 114 Å². The molecule has 0 aromatic heterocycles. The fourth-order valence-electron chi connectivity index (χ4n) is 11.0. The maximum Gasteiger partial charge on any atom is 0.303 e. The molecular weight excluding hydrogens is 1350 g/mol. The van der Waals surface area contributed by atoms with Crippen molar-refractivity contribution in [2.24, 2.45) is 62.1 Å². The first kappa shape index (κ1) is 91.0. The number of nitrogens with one attached hydrogen (secondary N) is 11. The van der Waals surface area contributed by atoms with Crippen LogP contribution in [0.15, 0.2) is 9.98 Å². The molecule has 1 aliphatic rings. The van der Waals surface area contributed by atoms with Crippen molar-refractivity contribution in [3.05, 3.63) is 0 Å². The van der Waals surface area contributed by atoms with E-state index >= 15 is 4.79 Å². The molecule has 0 aromatic rings. The number of hydrogen-bond acceptors (Lipinski definition) is 18. The number of carboxylic acid groups (broad SMARTS) is 2. The van der Waals surface area contributed by atoms with Crippen molar-refractivity contribution in [2.75, 3.05) is 25.1 Å². The summed E-state index contributed by atoms with van der Waals surface area (Å²) >= 11 is 1.40. The summed E-state index contributed by atoms with van der Waals surface area (Å²) in [5, 5.41) is 48.3. The third kappa shape index (κ3) is 35.5. The second-order valence-corrected chi connectivity index (χ2v) is 28.1. The van der Waals surface area contributed by atoms with E-state index in [1.165, 1.54) is 32.5 Å². The third-order valence-corrected chi connectivity index (χ3v) is 17.6. The van der Waals surface area contributed by atoms with Crippen LogP contribution in [0.3, 0.4) is 0 Å². The SMILES string of the molecule is CC[C@H](C)[C@@H]1NC(=O)[C@H](CCCN=C(N)N)NC(=O)[C@H](CCC(=O)O)NC(=O)[C@@](C)(NC(C)=O)CCCCCCCC[C@@](C)(C(=O)N[C@@H](CCC(=O)O)C(=O)N[C@@H](CC(C)C)C(=O)N[C@@H](CCCN=C(N)N)C(=O)N[C@@H](CC(N)=O)C(=O)N[C@@H](CC(C)C)C(=O)N[C@@H](CCSC)C(N)=O)NC1=O. The molecule has 0 saturated carbocycles. The van der Waals surface area contributed by atoms with Crippen LogP contribution in [0.5, 0.6) is 0 Å². The second kappa shape index (κ2) is 46.5. The number of carbonyl (C=O) groups is 15. The van der Waals surface area contributed by atoms with E-state index in [-0.39, 0.29) is 107 Å². The number of amides is 13. The van der Waals surface area contributed by atoms with Gasteiger partial charge in [-0.25, -0.2) is 0 Å². The van der Waals surface area contributed by atoms with Crippen molar-refractivity contribution in [3.63, 3.8) is 0 Å². The molecule has 25 N–H and O–H groups in total. The molecule has 0 radical (unpaired) electrons. The highest BCUT2D eigenvalue weighted by molar-refractivity contribution is 7.98. The third-order valence-electron chi connectivity index (χ3n) is 16.9. The zero-order valence-corrected chi connectivity index (χ0v) is 61.5. The lowest BCUT2D eigenvalue weighted by molar-refractivity contribution is -0.140. The van der Waals surface area contributed by atoms with E-state index in [1.807, 2.05) is 0 Å². The number of nitrogens with zero attached hydrogens (tertiary/aromatic N) is 2. The lowest BCUT2D eigenvalue weighted by Crippen LogP contribution is -2.65. The monoisotopic (exact) mass is 1470 g/mol. The van der Waals surface area contributed by atoms with Gasteiger partial charge in [0, 0.05) is 32.9 Å². The molecule has 0 aliphatic carbocycles. The van der Waals surface area contributed by atoms with Gasteiger partial charge in [0.2, 0.25) is 76.8 Å². The van der Waals surface area contributed by atoms with Crippen LogP contribution in [0.2, 0.25) is 0 Å². The van der Waals surface area contributed by atoms with Gasteiger partial charge in [0.05, 0.1) is 6.42 Å².